The lowest BCUT2D eigenvalue weighted by Gasteiger charge is -2.70. The van der Waals surface area contributed by atoms with Crippen molar-refractivity contribution in [1.82, 2.24) is 0 Å². The number of ether oxygens (including phenoxy) is 2. The van der Waals surface area contributed by atoms with E-state index in [4.69, 9.17) is 9.47 Å². The van der Waals surface area contributed by atoms with Crippen molar-refractivity contribution in [1.29, 1.82) is 0 Å². The van der Waals surface area contributed by atoms with Crippen molar-refractivity contribution < 1.29 is 19.4 Å². The molecule has 0 bridgehead atoms. The van der Waals surface area contributed by atoms with Gasteiger partial charge in [-0.2, -0.15) is 0 Å². The molecule has 0 aromatic carbocycles. The summed E-state index contributed by atoms with van der Waals surface area (Å²) >= 11 is 0. The molecule has 4 aliphatic carbocycles. The molecule has 1 N–H and O–H groups in total. The molecule has 1 aliphatic heterocycles. The highest BCUT2D eigenvalue weighted by Crippen LogP contribution is 2.76. The largest absolute Gasteiger partial charge is 0.462 e. The predicted octanol–water partition coefficient (Wildman–Crippen LogP) is 7.31. The lowest BCUT2D eigenvalue weighted by atomic mass is 9.35. The summed E-state index contributed by atoms with van der Waals surface area (Å²) in [5.74, 6) is 2.46. The molecule has 0 amide bonds. The summed E-state index contributed by atoms with van der Waals surface area (Å²) in [5.41, 5.74) is 0.380. The highest BCUT2D eigenvalue weighted by Gasteiger charge is 2.70. The van der Waals surface area contributed by atoms with E-state index >= 15 is 0 Å². The van der Waals surface area contributed by atoms with E-state index in [1.807, 2.05) is 0 Å². The minimum atomic E-state index is -0.467. The maximum Gasteiger partial charge on any atom is 0.302 e. The molecule has 0 aromatic rings. The summed E-state index contributed by atoms with van der Waals surface area (Å²) < 4.78 is 12.7. The van der Waals surface area contributed by atoms with E-state index in [0.717, 1.165) is 25.2 Å². The van der Waals surface area contributed by atoms with Crippen LogP contribution in [0.25, 0.3) is 0 Å². The number of aliphatic hydroxyl groups is 1. The number of rotatable bonds is 2. The highest BCUT2D eigenvalue weighted by molar-refractivity contribution is 5.66. The van der Waals surface area contributed by atoms with Gasteiger partial charge in [-0.3, -0.25) is 4.79 Å². The number of fused-ring (bicyclic) bond motifs is 5. The molecule has 1 heterocycles. The van der Waals surface area contributed by atoms with Gasteiger partial charge in [0.25, 0.3) is 0 Å². The van der Waals surface area contributed by atoms with E-state index in [0.29, 0.717) is 34.0 Å². The average Bonchev–Trinajstić information content (AvgIpc) is 3.12. The normalized spacial score (nSPS) is 53.6. The van der Waals surface area contributed by atoms with Crippen LogP contribution in [0.1, 0.15) is 127 Å². The molecule has 206 valence electrons. The van der Waals surface area contributed by atoms with Gasteiger partial charge in [-0.25, -0.2) is 0 Å². The van der Waals surface area contributed by atoms with Crippen LogP contribution in [0.2, 0.25) is 0 Å². The van der Waals surface area contributed by atoms with Crippen LogP contribution in [0.3, 0.4) is 0 Å². The molecule has 0 spiro atoms. The first kappa shape index (κ1) is 27.0. The molecule has 1 unspecified atom stereocenters. The Bertz CT molecular complexity index is 895. The summed E-state index contributed by atoms with van der Waals surface area (Å²) in [6.45, 7) is 20.8. The van der Waals surface area contributed by atoms with E-state index in [9.17, 15) is 9.90 Å². The Kier molecular flexibility index (Phi) is 6.14. The Labute approximate surface area is 220 Å². The van der Waals surface area contributed by atoms with Crippen LogP contribution in [0.4, 0.5) is 0 Å². The third-order valence-corrected chi connectivity index (χ3v) is 13.6. The Balaban J connectivity index is 1.43. The van der Waals surface area contributed by atoms with Crippen LogP contribution >= 0.6 is 0 Å². The van der Waals surface area contributed by atoms with Gasteiger partial charge in [0.2, 0.25) is 0 Å². The predicted molar refractivity (Wildman–Crippen MR) is 143 cm³/mol. The SMILES string of the molecule is CC(=O)O[C@H]1CC[C@]2(C)[C@H]3CC[C@@H]4[C@@H]([C@]5(C)CCC(O)C(C)(C)O5)CC[C@@]4(C)[C@]3(C)CC[C@H]2C1(C)C. The van der Waals surface area contributed by atoms with Gasteiger partial charge in [-0.05, 0) is 125 Å². The zero-order valence-corrected chi connectivity index (χ0v) is 24.7. The monoisotopic (exact) mass is 502 g/mol. The molecule has 0 aromatic heterocycles. The fraction of sp³-hybridized carbons (Fsp3) is 0.969. The summed E-state index contributed by atoms with van der Waals surface area (Å²) in [6.07, 6.45) is 11.4. The number of carbonyl (C=O) groups is 1. The van der Waals surface area contributed by atoms with Crippen molar-refractivity contribution in [3.05, 3.63) is 0 Å². The number of aliphatic hydroxyl groups excluding tert-OH is 1. The van der Waals surface area contributed by atoms with Crippen molar-refractivity contribution in [2.75, 3.05) is 0 Å². The second kappa shape index (κ2) is 8.20. The maximum absolute atomic E-state index is 11.9. The Hall–Kier alpha value is -0.610. The molecule has 36 heavy (non-hydrogen) atoms. The lowest BCUT2D eigenvalue weighted by molar-refractivity contribution is -0.254. The van der Waals surface area contributed by atoms with E-state index in [1.54, 1.807) is 6.92 Å². The molecule has 4 nitrogen and oxygen atoms in total. The van der Waals surface area contributed by atoms with Crippen molar-refractivity contribution in [3.8, 4) is 0 Å². The first-order valence-corrected chi connectivity index (χ1v) is 15.1. The molecular weight excluding hydrogens is 448 g/mol. The van der Waals surface area contributed by atoms with Gasteiger partial charge in [-0.15, -0.1) is 0 Å². The fourth-order valence-electron chi connectivity index (χ4n) is 11.6. The summed E-state index contributed by atoms with van der Waals surface area (Å²) in [7, 11) is 0. The molecular formula is C32H54O4. The zero-order chi connectivity index (χ0) is 26.5. The summed E-state index contributed by atoms with van der Waals surface area (Å²) in [5, 5.41) is 10.6. The topological polar surface area (TPSA) is 55.8 Å². The summed E-state index contributed by atoms with van der Waals surface area (Å²) in [4.78, 5) is 11.9. The van der Waals surface area contributed by atoms with E-state index in [-0.39, 0.29) is 29.2 Å². The highest BCUT2D eigenvalue weighted by atomic mass is 16.5. The average molecular weight is 503 g/mol. The fourth-order valence-corrected chi connectivity index (χ4v) is 11.6. The number of carbonyl (C=O) groups excluding carboxylic acids is 1. The minimum Gasteiger partial charge on any atom is -0.462 e. The third kappa shape index (κ3) is 3.55. The Morgan fingerprint density at radius 1 is 0.750 bits per heavy atom. The van der Waals surface area contributed by atoms with E-state index in [1.165, 1.54) is 44.9 Å². The maximum atomic E-state index is 11.9. The molecule has 5 rings (SSSR count). The minimum absolute atomic E-state index is 0.0196. The van der Waals surface area contributed by atoms with E-state index in [2.05, 4.69) is 55.4 Å². The van der Waals surface area contributed by atoms with Crippen molar-refractivity contribution in [3.63, 3.8) is 0 Å². The van der Waals surface area contributed by atoms with Gasteiger partial charge < -0.3 is 14.6 Å². The molecule has 5 fully saturated rings. The van der Waals surface area contributed by atoms with Gasteiger partial charge in [0, 0.05) is 12.3 Å². The van der Waals surface area contributed by atoms with Crippen LogP contribution in [-0.2, 0) is 14.3 Å². The zero-order valence-electron chi connectivity index (χ0n) is 24.7. The smallest absolute Gasteiger partial charge is 0.302 e. The first-order chi connectivity index (χ1) is 16.5. The second-order valence-electron chi connectivity index (χ2n) is 15.8. The number of hydrogen-bond donors (Lipinski definition) is 1. The molecule has 4 heteroatoms. The van der Waals surface area contributed by atoms with Gasteiger partial charge in [-0.1, -0.05) is 34.6 Å². The number of hydrogen-bond acceptors (Lipinski definition) is 4. The van der Waals surface area contributed by atoms with Crippen LogP contribution < -0.4 is 0 Å². The van der Waals surface area contributed by atoms with Gasteiger partial charge in [0.05, 0.1) is 17.3 Å². The van der Waals surface area contributed by atoms with E-state index < -0.39 is 5.60 Å². The van der Waals surface area contributed by atoms with Crippen LogP contribution in [0.5, 0.6) is 0 Å². The second-order valence-corrected chi connectivity index (χ2v) is 15.8. The van der Waals surface area contributed by atoms with Gasteiger partial charge >= 0.3 is 5.97 Å². The third-order valence-electron chi connectivity index (χ3n) is 13.6. The van der Waals surface area contributed by atoms with Crippen molar-refractivity contribution in [2.24, 2.45) is 45.3 Å². The molecule has 4 saturated carbocycles. The van der Waals surface area contributed by atoms with Crippen molar-refractivity contribution >= 4 is 5.97 Å². The molecule has 0 radical (unpaired) electrons. The Morgan fingerprint density at radius 2 is 1.42 bits per heavy atom. The number of esters is 1. The van der Waals surface area contributed by atoms with Crippen LogP contribution in [0.15, 0.2) is 0 Å². The molecule has 5 aliphatic rings. The van der Waals surface area contributed by atoms with Gasteiger partial charge in [0.1, 0.15) is 6.10 Å². The quantitative estimate of drug-likeness (QED) is 0.402. The van der Waals surface area contributed by atoms with Crippen molar-refractivity contribution in [2.45, 2.75) is 150 Å². The molecule has 10 atom stereocenters. The van der Waals surface area contributed by atoms with Crippen LogP contribution in [-0.4, -0.2) is 34.5 Å². The Morgan fingerprint density at radius 3 is 2.06 bits per heavy atom. The summed E-state index contributed by atoms with van der Waals surface area (Å²) in [6, 6.07) is 0. The first-order valence-electron chi connectivity index (χ1n) is 15.1. The standard InChI is InChI=1S/C32H54O4/c1-20(33)35-26-15-16-29(6)23(27(26,2)3)13-18-31(8)24(29)11-10-21-22(12-17-30(21,31)7)32(9)19-14-25(34)28(4,5)36-32/h21-26,34H,10-19H2,1-9H3/t21-,22+,23+,24-,25?,26+,29+,30-,31-,32+/m1/s1. The van der Waals surface area contributed by atoms with Gasteiger partial charge in [0.15, 0.2) is 0 Å². The van der Waals surface area contributed by atoms with Crippen LogP contribution in [0, 0.1) is 45.3 Å². The lowest BCUT2D eigenvalue weighted by Crippen LogP contribution is -2.64. The molecule has 1 saturated heterocycles.